The molecule has 0 saturated carbocycles. The number of pyridine rings is 8. The largest absolute Gasteiger partial charge is 0.305 e. The zero-order chi connectivity index (χ0) is 100. The maximum Gasteiger partial charge on any atom is 0.0195 e. The van der Waals surface area contributed by atoms with Gasteiger partial charge in [0.15, 0.2) is 0 Å². The summed E-state index contributed by atoms with van der Waals surface area (Å²) in [5, 5.41) is 0. The van der Waals surface area contributed by atoms with Crippen molar-refractivity contribution in [2.75, 3.05) is 0 Å². The van der Waals surface area contributed by atoms with E-state index in [2.05, 4.69) is 379 Å². The third-order valence-electron chi connectivity index (χ3n) is 24.5. The van der Waals surface area contributed by atoms with Crippen LogP contribution in [-0.4, -0.2) is 39.9 Å². The first kappa shape index (κ1) is 117. The summed E-state index contributed by atoms with van der Waals surface area (Å²) in [6.07, 6.45) is 17.2. The summed E-state index contributed by atoms with van der Waals surface area (Å²) >= 11 is 0. The van der Waals surface area contributed by atoms with E-state index in [-0.39, 0.29) is 80.4 Å². The molecule has 8 heterocycles. The third kappa shape index (κ3) is 37.1. The quantitative estimate of drug-likeness (QED) is 0.0695. The Kier molecular flexibility index (Phi) is 49.2. The molecule has 4 radical (unpaired) electrons. The minimum Gasteiger partial charge on any atom is -0.305 e. The van der Waals surface area contributed by atoms with Crippen molar-refractivity contribution in [2.45, 2.75) is 140 Å². The Morgan fingerprint density at radius 1 is 0.190 bits per heavy atom. The molecule has 20 rings (SSSR count). The molecule has 8 aromatic heterocycles. The van der Waals surface area contributed by atoms with E-state index < -0.39 is 0 Å². The fourth-order valence-corrected chi connectivity index (χ4v) is 16.0. The van der Waals surface area contributed by atoms with E-state index in [4.69, 9.17) is 0 Å². The molecule has 4 atom stereocenters. The Balaban J connectivity index is 0.000000187. The first-order valence-corrected chi connectivity index (χ1v) is 49.2. The van der Waals surface area contributed by atoms with Gasteiger partial charge in [0.25, 0.3) is 0 Å². The van der Waals surface area contributed by atoms with Crippen LogP contribution < -0.4 is 0 Å². The second kappa shape index (κ2) is 61.8. The van der Waals surface area contributed by atoms with E-state index in [1.807, 2.05) is 245 Å². The summed E-state index contributed by atoms with van der Waals surface area (Å²) in [6, 6.07) is 156. The third-order valence-corrected chi connectivity index (χ3v) is 24.5. The van der Waals surface area contributed by atoms with Crippen LogP contribution in [0.1, 0.15) is 174 Å². The van der Waals surface area contributed by atoms with E-state index >= 15 is 0 Å². The van der Waals surface area contributed by atoms with Crippen molar-refractivity contribution in [3.05, 3.63) is 575 Å². The Morgan fingerprint density at radius 2 is 0.463 bits per heavy atom. The smallest absolute Gasteiger partial charge is 0.0195 e. The molecule has 0 aliphatic heterocycles. The van der Waals surface area contributed by atoms with Crippen LogP contribution in [0.2, 0.25) is 0 Å². The van der Waals surface area contributed by atoms with Crippen molar-refractivity contribution >= 4 is 0 Å². The van der Waals surface area contributed by atoms with Gasteiger partial charge in [-0.2, -0.15) is 0 Å². The number of hydrogen-bond acceptors (Lipinski definition) is 8. The zero-order valence-electron chi connectivity index (χ0n) is 86.3. The molecule has 0 saturated heterocycles. The van der Waals surface area contributed by atoms with Gasteiger partial charge in [-0.1, -0.05) is 294 Å². The second-order valence-corrected chi connectivity index (χ2v) is 36.8. The van der Waals surface area contributed by atoms with Gasteiger partial charge < -0.3 is 39.9 Å². The molecule has 12 aromatic carbocycles. The summed E-state index contributed by atoms with van der Waals surface area (Å²) in [6.45, 7) is 32.5. The molecule has 4 unspecified atom stereocenters. The van der Waals surface area contributed by atoms with Crippen LogP contribution in [0.25, 0.3) is 90.1 Å². The number of aryl methyl sites for hydroxylation is 7. The topological polar surface area (TPSA) is 103 Å². The summed E-state index contributed by atoms with van der Waals surface area (Å²) < 4.78 is 0. The van der Waals surface area contributed by atoms with Crippen LogP contribution in [0.15, 0.2) is 432 Å². The maximum absolute atomic E-state index is 4.56. The van der Waals surface area contributed by atoms with Gasteiger partial charge in [-0.3, -0.25) is 0 Å². The summed E-state index contributed by atoms with van der Waals surface area (Å²) in [4.78, 5) is 35.3. The molecular weight excluding hydrogens is 2500 g/mol. The molecule has 147 heavy (non-hydrogen) atoms. The van der Waals surface area contributed by atoms with Crippen molar-refractivity contribution in [1.82, 2.24) is 39.9 Å². The van der Waals surface area contributed by atoms with Gasteiger partial charge in [0.1, 0.15) is 0 Å². The van der Waals surface area contributed by atoms with Crippen molar-refractivity contribution in [2.24, 2.45) is 11.8 Å². The Bertz CT molecular complexity index is 6610. The molecule has 0 fully saturated rings. The zero-order valence-corrected chi connectivity index (χ0v) is 95.9. The molecular formula is C135H126Ir4N8-8. The van der Waals surface area contributed by atoms with Crippen molar-refractivity contribution in [3.8, 4) is 90.1 Å². The Hall–Kier alpha value is -13.6. The van der Waals surface area contributed by atoms with Gasteiger partial charge in [0, 0.05) is 130 Å². The minimum atomic E-state index is 0. The van der Waals surface area contributed by atoms with Crippen LogP contribution in [0.4, 0.5) is 0 Å². The van der Waals surface area contributed by atoms with E-state index in [1.165, 1.54) is 94.6 Å². The monoisotopic (exact) mass is 2630 g/mol. The molecule has 0 aliphatic rings. The number of benzene rings is 12. The van der Waals surface area contributed by atoms with Crippen LogP contribution in [0.3, 0.4) is 0 Å². The van der Waals surface area contributed by atoms with Crippen LogP contribution in [0, 0.1) is 109 Å². The molecule has 12 heteroatoms. The van der Waals surface area contributed by atoms with Gasteiger partial charge >= 0.3 is 0 Å². The van der Waals surface area contributed by atoms with Gasteiger partial charge in [0.2, 0.25) is 0 Å². The number of nitrogens with zero attached hydrogens (tertiary/aromatic N) is 8. The number of hydrogen-bond donors (Lipinski definition) is 0. The summed E-state index contributed by atoms with van der Waals surface area (Å²) in [7, 11) is 0. The van der Waals surface area contributed by atoms with Crippen molar-refractivity contribution in [1.29, 1.82) is 0 Å². The SMILES string of the molecule is CC(c1ccccc1)c1cc[c-]c(-c2ccccn2)c1.CC(c1ccccc1)c1cc[c-]c(-c2ccccn2)c1.CC(c1ccccc1)c1cc[c-]c(-c2ccccn2)c1.CC(c1ccccc1)c1cc[c-]c(-c2ccccn2)c1.Cc1c[c-]c(-c2cc(C)c(CC(C)C)cn2)cc1.Cc1c[c-]c(-c2cc(CC(C)C)c(C)cn2)cc1.Cc1c[c-]c(-c2ccc(C)cn2)cc1.Cc1ccc(-c2[c-]cccc2)nc1.[Ir].[Ir].[Ir].[Ir]. The molecule has 8 nitrogen and oxygen atoms in total. The van der Waals surface area contributed by atoms with E-state index in [9.17, 15) is 0 Å². The summed E-state index contributed by atoms with van der Waals surface area (Å²) in [5.41, 5.74) is 38.1. The average molecular weight is 2630 g/mol. The van der Waals surface area contributed by atoms with Gasteiger partial charge in [-0.25, -0.2) is 0 Å². The fourth-order valence-electron chi connectivity index (χ4n) is 16.0. The predicted molar refractivity (Wildman–Crippen MR) is 594 cm³/mol. The minimum absolute atomic E-state index is 0. The molecule has 0 bridgehead atoms. The first-order chi connectivity index (χ1) is 69.6. The fraction of sp³-hybridized carbons (Fsp3) is 0.170. The molecule has 20 aromatic rings. The predicted octanol–water partition coefficient (Wildman–Crippen LogP) is 33.5. The van der Waals surface area contributed by atoms with Crippen molar-refractivity contribution < 1.29 is 80.4 Å². The van der Waals surface area contributed by atoms with E-state index in [1.54, 1.807) is 0 Å². The van der Waals surface area contributed by atoms with E-state index in [0.29, 0.717) is 35.5 Å². The van der Waals surface area contributed by atoms with Crippen LogP contribution >= 0.6 is 0 Å². The van der Waals surface area contributed by atoms with Gasteiger partial charge in [-0.15, -0.1) is 284 Å². The molecule has 750 valence electrons. The molecule has 0 N–H and O–H groups in total. The maximum atomic E-state index is 4.56. The van der Waals surface area contributed by atoms with Gasteiger partial charge in [-0.05, 0) is 190 Å². The Labute approximate surface area is 929 Å². The van der Waals surface area contributed by atoms with Crippen LogP contribution in [0.5, 0.6) is 0 Å². The molecule has 0 amide bonds. The second-order valence-electron chi connectivity index (χ2n) is 36.8. The van der Waals surface area contributed by atoms with Crippen molar-refractivity contribution in [3.63, 3.8) is 0 Å². The van der Waals surface area contributed by atoms with Crippen LogP contribution in [-0.2, 0) is 93.3 Å². The average Bonchev–Trinajstić information content (AvgIpc) is 0.795. The molecule has 0 spiro atoms. The van der Waals surface area contributed by atoms with E-state index in [0.717, 1.165) is 103 Å². The standard InChI is InChI=1S/4C19H16N.2C17H20N.C13H12N.C12H10N.4Ir/c4*1-15(16-8-3-2-4-9-16)17-10-7-11-18(14-17)19-12-5-6-13-20-19;1-12(2)9-16-10-17(18-11-14(16)4)15-7-5-13(3)6-8-15;1-12(2)9-16-11-18-17(10-14(16)4)15-7-5-13(3)6-8-15;1-10-3-6-12(7-4-10)13-8-5-11(2)9-14-13;1-10-7-8-12(13-9-10)11-5-3-2-4-6-11;;;;/h4*2-10,12-15H,1H3;2*5-7,10-12H,9H2,1-4H3;3-6,8-9H,1-2H3;2-5,7-9H,1H3;;;;/q8*-1;;;;. The molecule has 0 aliphatic carbocycles. The Morgan fingerprint density at radius 3 is 0.741 bits per heavy atom. The number of aromatic nitrogens is 8. The number of rotatable bonds is 20. The normalized spacial score (nSPS) is 11.1. The summed E-state index contributed by atoms with van der Waals surface area (Å²) in [5.74, 6) is 2.81. The van der Waals surface area contributed by atoms with Gasteiger partial charge in [0.05, 0.1) is 0 Å². The first-order valence-electron chi connectivity index (χ1n) is 49.2.